The van der Waals surface area contributed by atoms with Gasteiger partial charge in [0.1, 0.15) is 64.3 Å². The van der Waals surface area contributed by atoms with Gasteiger partial charge in [0.2, 0.25) is 0 Å². The number of rotatable bonds is 5. The Morgan fingerprint density at radius 2 is 1.88 bits per heavy atom. The largest absolute Gasteiger partial charge is 0.495 e. The molecule has 0 saturated carbocycles. The summed E-state index contributed by atoms with van der Waals surface area (Å²) in [5, 5.41) is 40.1. The van der Waals surface area contributed by atoms with Gasteiger partial charge >= 0.3 is 0 Å². The van der Waals surface area contributed by atoms with Crippen LogP contribution >= 0.6 is 0 Å². The topological polar surface area (TPSA) is 148 Å². The molecule has 6 atom stereocenters. The van der Waals surface area contributed by atoms with Gasteiger partial charge in [0.15, 0.2) is 11.7 Å². The summed E-state index contributed by atoms with van der Waals surface area (Å²) in [5.74, 6) is 1.32. The zero-order chi connectivity index (χ0) is 23.4. The van der Waals surface area contributed by atoms with Gasteiger partial charge in [-0.2, -0.15) is 0 Å². The molecule has 1 aromatic heterocycles. The summed E-state index contributed by atoms with van der Waals surface area (Å²) < 4.78 is 28.8. The molecule has 3 heterocycles. The molecule has 1 aromatic carbocycles. The zero-order valence-electron chi connectivity index (χ0n) is 18.3. The highest BCUT2D eigenvalue weighted by atomic mass is 16.7. The maximum Gasteiger partial charge on any atom is 0.196 e. The van der Waals surface area contributed by atoms with Gasteiger partial charge in [0.05, 0.1) is 13.7 Å². The van der Waals surface area contributed by atoms with Gasteiger partial charge in [-0.05, 0) is 20.8 Å². The normalized spacial score (nSPS) is 30.2. The summed E-state index contributed by atoms with van der Waals surface area (Å²) in [4.78, 5) is 12.6. The molecule has 0 amide bonds. The van der Waals surface area contributed by atoms with Gasteiger partial charge in [0, 0.05) is 24.1 Å². The van der Waals surface area contributed by atoms with Crippen LogP contribution in [0.15, 0.2) is 21.3 Å². The first-order chi connectivity index (χ1) is 15.1. The Morgan fingerprint density at radius 1 is 1.16 bits per heavy atom. The molecule has 0 spiro atoms. The highest BCUT2D eigenvalue weighted by molar-refractivity contribution is 5.87. The minimum atomic E-state index is -1.55. The van der Waals surface area contributed by atoms with E-state index in [9.17, 15) is 25.2 Å². The summed E-state index contributed by atoms with van der Waals surface area (Å²) in [6, 6.07) is 3.04. The minimum absolute atomic E-state index is 0.219. The van der Waals surface area contributed by atoms with E-state index in [0.29, 0.717) is 40.2 Å². The first-order valence-corrected chi connectivity index (χ1v) is 10.4. The van der Waals surface area contributed by atoms with Crippen molar-refractivity contribution in [3.63, 3.8) is 0 Å². The molecule has 1 saturated heterocycles. The Balaban J connectivity index is 1.62. The Hall–Kier alpha value is -2.21. The van der Waals surface area contributed by atoms with E-state index in [1.807, 2.05) is 0 Å². The Bertz CT molecular complexity index is 1060. The van der Waals surface area contributed by atoms with E-state index in [0.717, 1.165) is 0 Å². The lowest BCUT2D eigenvalue weighted by molar-refractivity contribution is -0.329. The quantitative estimate of drug-likeness (QED) is 0.489. The van der Waals surface area contributed by atoms with Crippen LogP contribution in [0, 0.1) is 6.92 Å². The monoisotopic (exact) mass is 452 g/mol. The lowest BCUT2D eigenvalue weighted by Gasteiger charge is -2.43. The number of hydrogen-bond donors (Lipinski definition) is 4. The SMILES string of the molecule is COc1c2c(cc3oc(C)cc(=O)c13)O[C@@H](C(C)(C)O[C@@H]1O[C@@H](CO)[C@H](O)[C@@H](O)[C@H]1O)C2. The lowest BCUT2D eigenvalue weighted by Crippen LogP contribution is -2.61. The fraction of sp³-hybridized carbons (Fsp3) is 0.591. The van der Waals surface area contributed by atoms with Crippen LogP contribution in [-0.4, -0.2) is 76.6 Å². The average Bonchev–Trinajstić information content (AvgIpc) is 3.17. The summed E-state index contributed by atoms with van der Waals surface area (Å²) >= 11 is 0. The zero-order valence-corrected chi connectivity index (χ0v) is 18.3. The number of ether oxygens (including phenoxy) is 4. The maximum atomic E-state index is 12.6. The molecule has 2 aliphatic rings. The number of hydrogen-bond acceptors (Lipinski definition) is 10. The third kappa shape index (κ3) is 3.76. The van der Waals surface area contributed by atoms with Crippen LogP contribution < -0.4 is 14.9 Å². The van der Waals surface area contributed by atoms with Crippen LogP contribution in [0.3, 0.4) is 0 Å². The molecule has 1 fully saturated rings. The fourth-order valence-electron chi connectivity index (χ4n) is 4.26. The molecular weight excluding hydrogens is 424 g/mol. The lowest BCUT2D eigenvalue weighted by atomic mass is 9.94. The summed E-state index contributed by atoms with van der Waals surface area (Å²) in [6.07, 6.45) is -7.17. The third-order valence-corrected chi connectivity index (χ3v) is 6.07. The van der Waals surface area contributed by atoms with Crippen molar-refractivity contribution < 1.29 is 43.8 Å². The second-order valence-electron chi connectivity index (χ2n) is 8.71. The smallest absolute Gasteiger partial charge is 0.196 e. The van der Waals surface area contributed by atoms with Crippen LogP contribution in [0.1, 0.15) is 25.2 Å². The number of aliphatic hydroxyl groups is 4. The van der Waals surface area contributed by atoms with Crippen LogP contribution in [0.2, 0.25) is 0 Å². The van der Waals surface area contributed by atoms with Crippen molar-refractivity contribution in [2.24, 2.45) is 0 Å². The number of aliphatic hydroxyl groups excluding tert-OH is 4. The maximum absolute atomic E-state index is 12.6. The van der Waals surface area contributed by atoms with Crippen molar-refractivity contribution >= 4 is 11.0 Å². The molecule has 2 aromatic rings. The Morgan fingerprint density at radius 3 is 2.53 bits per heavy atom. The number of benzene rings is 1. The van der Waals surface area contributed by atoms with Crippen LogP contribution in [0.25, 0.3) is 11.0 Å². The van der Waals surface area contributed by atoms with Crippen molar-refractivity contribution in [1.29, 1.82) is 0 Å². The summed E-state index contributed by atoms with van der Waals surface area (Å²) in [6.45, 7) is 4.58. The summed E-state index contributed by atoms with van der Waals surface area (Å²) in [5.41, 5.74) is -0.230. The van der Waals surface area contributed by atoms with Gasteiger partial charge in [-0.3, -0.25) is 4.79 Å². The van der Waals surface area contributed by atoms with Gasteiger partial charge in [0.25, 0.3) is 0 Å². The molecule has 10 nitrogen and oxygen atoms in total. The van der Waals surface area contributed by atoms with Crippen molar-refractivity contribution in [2.75, 3.05) is 13.7 Å². The minimum Gasteiger partial charge on any atom is -0.495 e. The van der Waals surface area contributed by atoms with Crippen molar-refractivity contribution in [2.45, 2.75) is 69.6 Å². The van der Waals surface area contributed by atoms with Crippen LogP contribution in [-0.2, 0) is 15.9 Å². The molecule has 0 unspecified atom stereocenters. The Kier molecular flexibility index (Phi) is 5.95. The molecule has 32 heavy (non-hydrogen) atoms. The van der Waals surface area contributed by atoms with E-state index >= 15 is 0 Å². The molecule has 0 radical (unpaired) electrons. The van der Waals surface area contributed by atoms with Crippen LogP contribution in [0.4, 0.5) is 0 Å². The van der Waals surface area contributed by atoms with E-state index in [1.54, 1.807) is 26.8 Å². The van der Waals surface area contributed by atoms with E-state index in [-0.39, 0.29) is 5.43 Å². The molecule has 0 aliphatic carbocycles. The highest BCUT2D eigenvalue weighted by Crippen LogP contribution is 2.44. The predicted molar refractivity (Wildman–Crippen MR) is 111 cm³/mol. The second-order valence-corrected chi connectivity index (χ2v) is 8.71. The number of methoxy groups -OCH3 is 1. The van der Waals surface area contributed by atoms with E-state index in [1.165, 1.54) is 13.2 Å². The first kappa shape index (κ1) is 23.0. The predicted octanol–water partition coefficient (Wildman–Crippen LogP) is 0.00862. The fourth-order valence-corrected chi connectivity index (χ4v) is 4.26. The van der Waals surface area contributed by atoms with Crippen LogP contribution in [0.5, 0.6) is 11.5 Å². The van der Waals surface area contributed by atoms with E-state index in [4.69, 9.17) is 23.4 Å². The molecule has 176 valence electrons. The van der Waals surface area contributed by atoms with E-state index in [2.05, 4.69) is 0 Å². The third-order valence-electron chi connectivity index (χ3n) is 6.07. The van der Waals surface area contributed by atoms with Gasteiger partial charge in [-0.25, -0.2) is 0 Å². The first-order valence-electron chi connectivity index (χ1n) is 10.4. The van der Waals surface area contributed by atoms with Crippen molar-refractivity contribution in [3.05, 3.63) is 33.7 Å². The molecule has 10 heteroatoms. The van der Waals surface area contributed by atoms with Crippen molar-refractivity contribution in [3.8, 4) is 11.5 Å². The van der Waals surface area contributed by atoms with E-state index < -0.39 is 49.0 Å². The highest BCUT2D eigenvalue weighted by Gasteiger charge is 2.48. The van der Waals surface area contributed by atoms with Gasteiger partial charge in [-0.15, -0.1) is 0 Å². The van der Waals surface area contributed by atoms with Gasteiger partial charge < -0.3 is 43.8 Å². The Labute approximate surface area is 183 Å². The average molecular weight is 452 g/mol. The second kappa shape index (κ2) is 8.29. The number of aryl methyl sites for hydroxylation is 1. The molecule has 2 aliphatic heterocycles. The standard InChI is InChI=1S/C22H28O10/c1-9-5-11(24)16-13(29-9)7-12-10(20(16)28-4)6-15(30-12)22(2,3)32-21-19(27)18(26)17(25)14(8-23)31-21/h5,7,14-15,17-19,21,23,25-27H,6,8H2,1-4H3/t14-,15+,17-,18+,19+,21-/m0/s1. The molecule has 4 N–H and O–H groups in total. The molecule has 4 rings (SSSR count). The van der Waals surface area contributed by atoms with Gasteiger partial charge in [-0.1, -0.05) is 0 Å². The van der Waals surface area contributed by atoms with Crippen molar-refractivity contribution in [1.82, 2.24) is 0 Å². The molecular formula is C22H28O10. The summed E-state index contributed by atoms with van der Waals surface area (Å²) in [7, 11) is 1.47. The number of fused-ring (bicyclic) bond motifs is 2. The molecule has 0 bridgehead atoms.